The van der Waals surface area contributed by atoms with Crippen molar-refractivity contribution in [1.82, 2.24) is 4.98 Å². The number of hydrogen-bond acceptors (Lipinski definition) is 7. The third-order valence-corrected chi connectivity index (χ3v) is 6.20. The Morgan fingerprint density at radius 2 is 1.81 bits per heavy atom. The highest BCUT2D eigenvalue weighted by atomic mass is 16.5. The van der Waals surface area contributed by atoms with Crippen molar-refractivity contribution in [1.29, 1.82) is 0 Å². The third kappa shape index (κ3) is 5.18. The number of rotatable bonds is 7. The first-order chi connectivity index (χ1) is 18.1. The summed E-state index contributed by atoms with van der Waals surface area (Å²) >= 11 is 0. The van der Waals surface area contributed by atoms with Crippen LogP contribution in [-0.4, -0.2) is 37.7 Å². The van der Waals surface area contributed by atoms with Gasteiger partial charge in [-0.05, 0) is 54.7 Å². The summed E-state index contributed by atoms with van der Waals surface area (Å²) in [6.07, 6.45) is 5.95. The average molecular weight is 499 g/mol. The van der Waals surface area contributed by atoms with E-state index in [9.17, 15) is 9.59 Å². The first-order valence-corrected chi connectivity index (χ1v) is 11.9. The molecule has 5 rings (SSSR count). The standard InChI is InChI=1S/C29H26N2O6/c1-34-21-14-19(15-22(16-21)35-2)30-26(32)17-37-29(33)27-23-9-3-4-11-25(23)31-28-18(7-5-10-24(27)28)13-20-8-6-12-36-20/h3-4,6,8-9,11-16H,5,7,10,17H2,1-2H3,(H,30,32). The number of carbonyl (C=O) groups excluding carboxylic acids is 2. The maximum atomic E-state index is 13.4. The average Bonchev–Trinajstić information content (AvgIpc) is 3.43. The van der Waals surface area contributed by atoms with E-state index in [0.29, 0.717) is 40.1 Å². The van der Waals surface area contributed by atoms with Gasteiger partial charge in [-0.25, -0.2) is 9.78 Å². The minimum absolute atomic E-state index is 0.446. The van der Waals surface area contributed by atoms with Crippen molar-refractivity contribution in [3.63, 3.8) is 0 Å². The number of para-hydroxylation sites is 1. The van der Waals surface area contributed by atoms with Crippen LogP contribution in [0.2, 0.25) is 0 Å². The second kappa shape index (κ2) is 10.6. The van der Waals surface area contributed by atoms with Crippen LogP contribution < -0.4 is 14.8 Å². The van der Waals surface area contributed by atoms with E-state index in [4.69, 9.17) is 23.6 Å². The van der Waals surface area contributed by atoms with Gasteiger partial charge in [0.15, 0.2) is 6.61 Å². The van der Waals surface area contributed by atoms with Crippen LogP contribution in [0.4, 0.5) is 5.69 Å². The van der Waals surface area contributed by atoms with Gasteiger partial charge < -0.3 is 23.9 Å². The lowest BCUT2D eigenvalue weighted by Crippen LogP contribution is -2.22. The Labute approximate surface area is 213 Å². The van der Waals surface area contributed by atoms with E-state index < -0.39 is 18.5 Å². The van der Waals surface area contributed by atoms with Gasteiger partial charge in [-0.15, -0.1) is 0 Å². The lowest BCUT2D eigenvalue weighted by molar-refractivity contribution is -0.119. The quantitative estimate of drug-likeness (QED) is 0.335. The maximum Gasteiger partial charge on any atom is 0.339 e. The number of esters is 1. The van der Waals surface area contributed by atoms with Crippen molar-refractivity contribution in [2.45, 2.75) is 19.3 Å². The Balaban J connectivity index is 1.41. The molecule has 1 amide bonds. The van der Waals surface area contributed by atoms with E-state index in [0.717, 1.165) is 35.4 Å². The zero-order valence-corrected chi connectivity index (χ0v) is 20.6. The number of hydrogen-bond donors (Lipinski definition) is 1. The maximum absolute atomic E-state index is 13.4. The summed E-state index contributed by atoms with van der Waals surface area (Å²) in [5.41, 5.74) is 4.19. The number of anilines is 1. The molecule has 188 valence electrons. The molecule has 0 saturated heterocycles. The highest BCUT2D eigenvalue weighted by Gasteiger charge is 2.26. The molecule has 0 unspecified atom stereocenters. The van der Waals surface area contributed by atoms with Crippen molar-refractivity contribution >= 4 is 40.1 Å². The molecule has 0 atom stereocenters. The molecule has 0 saturated carbocycles. The van der Waals surface area contributed by atoms with Crippen molar-refractivity contribution in [2.75, 3.05) is 26.1 Å². The number of benzene rings is 2. The van der Waals surface area contributed by atoms with Gasteiger partial charge >= 0.3 is 5.97 Å². The number of ether oxygens (including phenoxy) is 3. The third-order valence-electron chi connectivity index (χ3n) is 6.20. The molecule has 0 radical (unpaired) electrons. The normalized spacial score (nSPS) is 13.7. The summed E-state index contributed by atoms with van der Waals surface area (Å²) in [7, 11) is 3.05. The lowest BCUT2D eigenvalue weighted by atomic mass is 9.86. The number of amides is 1. The molecule has 0 spiro atoms. The van der Waals surface area contributed by atoms with E-state index in [-0.39, 0.29) is 0 Å². The van der Waals surface area contributed by atoms with E-state index in [1.807, 2.05) is 42.5 Å². The Bertz CT molecular complexity index is 1470. The van der Waals surface area contributed by atoms with Gasteiger partial charge in [0.2, 0.25) is 0 Å². The molecule has 0 fully saturated rings. The molecule has 8 heteroatoms. The molecule has 8 nitrogen and oxygen atoms in total. The molecule has 1 aliphatic rings. The number of furan rings is 1. The number of methoxy groups -OCH3 is 2. The monoisotopic (exact) mass is 498 g/mol. The first kappa shape index (κ1) is 24.1. The van der Waals surface area contributed by atoms with E-state index in [1.54, 1.807) is 24.5 Å². The number of nitrogens with one attached hydrogen (secondary N) is 1. The highest BCUT2D eigenvalue weighted by molar-refractivity contribution is 6.07. The fraction of sp³-hybridized carbons (Fsp3) is 0.207. The van der Waals surface area contributed by atoms with Gasteiger partial charge in [-0.2, -0.15) is 0 Å². The summed E-state index contributed by atoms with van der Waals surface area (Å²) in [6.45, 7) is -0.446. The van der Waals surface area contributed by atoms with Gasteiger partial charge in [0.1, 0.15) is 17.3 Å². The summed E-state index contributed by atoms with van der Waals surface area (Å²) in [5.74, 6) is 0.745. The van der Waals surface area contributed by atoms with Gasteiger partial charge in [-0.1, -0.05) is 18.2 Å². The minimum Gasteiger partial charge on any atom is -0.497 e. The van der Waals surface area contributed by atoms with Gasteiger partial charge in [-0.3, -0.25) is 4.79 Å². The second-order valence-corrected chi connectivity index (χ2v) is 8.60. The van der Waals surface area contributed by atoms with Crippen LogP contribution in [0.5, 0.6) is 11.5 Å². The summed E-state index contributed by atoms with van der Waals surface area (Å²) < 4.78 is 21.5. The second-order valence-electron chi connectivity index (χ2n) is 8.60. The molecule has 0 bridgehead atoms. The number of aromatic nitrogens is 1. The predicted molar refractivity (Wildman–Crippen MR) is 140 cm³/mol. The van der Waals surface area contributed by atoms with E-state index in [1.165, 1.54) is 14.2 Å². The Morgan fingerprint density at radius 3 is 2.54 bits per heavy atom. The molecular weight excluding hydrogens is 472 g/mol. The van der Waals surface area contributed by atoms with Crippen molar-refractivity contribution in [3.05, 3.63) is 83.4 Å². The molecule has 4 aromatic rings. The van der Waals surface area contributed by atoms with Crippen LogP contribution in [0.25, 0.3) is 22.6 Å². The minimum atomic E-state index is -0.563. The molecule has 1 aliphatic carbocycles. The molecule has 2 aromatic carbocycles. The summed E-state index contributed by atoms with van der Waals surface area (Å²) in [6, 6.07) is 16.2. The van der Waals surface area contributed by atoms with Crippen LogP contribution in [-0.2, 0) is 16.0 Å². The Hall–Kier alpha value is -4.59. The molecule has 2 heterocycles. The molecule has 2 aromatic heterocycles. The van der Waals surface area contributed by atoms with Crippen LogP contribution in [0.15, 0.2) is 65.3 Å². The van der Waals surface area contributed by atoms with Gasteiger partial charge in [0.05, 0.1) is 37.3 Å². The van der Waals surface area contributed by atoms with Crippen molar-refractivity contribution < 1.29 is 28.2 Å². The SMILES string of the molecule is COc1cc(NC(=O)COC(=O)c2c3c(nc4ccccc24)C(=Cc2ccco2)CCC3)cc(OC)c1. The van der Waals surface area contributed by atoms with Crippen LogP contribution in [0, 0.1) is 0 Å². The summed E-state index contributed by atoms with van der Waals surface area (Å²) in [4.78, 5) is 30.9. The highest BCUT2D eigenvalue weighted by Crippen LogP contribution is 2.36. The number of nitrogens with zero attached hydrogens (tertiary/aromatic N) is 1. The van der Waals surface area contributed by atoms with Gasteiger partial charge in [0, 0.05) is 29.3 Å². The molecule has 1 N–H and O–H groups in total. The molecule has 37 heavy (non-hydrogen) atoms. The fourth-order valence-corrected chi connectivity index (χ4v) is 4.53. The Kier molecular flexibility index (Phi) is 6.89. The zero-order valence-electron chi connectivity index (χ0n) is 20.6. The fourth-order valence-electron chi connectivity index (χ4n) is 4.53. The molecular formula is C29H26N2O6. The Morgan fingerprint density at radius 1 is 1.03 bits per heavy atom. The van der Waals surface area contributed by atoms with E-state index >= 15 is 0 Å². The van der Waals surface area contributed by atoms with Crippen LogP contribution in [0.1, 0.15) is 40.2 Å². The predicted octanol–water partition coefficient (Wildman–Crippen LogP) is 5.52. The van der Waals surface area contributed by atoms with Crippen LogP contribution in [0.3, 0.4) is 0 Å². The number of pyridine rings is 1. The first-order valence-electron chi connectivity index (χ1n) is 11.9. The van der Waals surface area contributed by atoms with Gasteiger partial charge in [0.25, 0.3) is 5.91 Å². The lowest BCUT2D eigenvalue weighted by Gasteiger charge is -2.22. The van der Waals surface area contributed by atoms with E-state index in [2.05, 4.69) is 5.32 Å². The largest absolute Gasteiger partial charge is 0.497 e. The number of allylic oxidation sites excluding steroid dienone is 1. The van der Waals surface area contributed by atoms with Crippen molar-refractivity contribution in [3.8, 4) is 11.5 Å². The smallest absolute Gasteiger partial charge is 0.339 e. The van der Waals surface area contributed by atoms with Crippen LogP contribution >= 0.6 is 0 Å². The number of carbonyl (C=O) groups is 2. The van der Waals surface area contributed by atoms with Crippen molar-refractivity contribution in [2.24, 2.45) is 0 Å². The zero-order chi connectivity index (χ0) is 25.8. The molecule has 0 aliphatic heterocycles. The topological polar surface area (TPSA) is 99.9 Å². The number of fused-ring (bicyclic) bond motifs is 2. The summed E-state index contributed by atoms with van der Waals surface area (Å²) in [5, 5.41) is 3.42.